The van der Waals surface area contributed by atoms with Crippen LogP contribution in [0.1, 0.15) is 55.5 Å². The van der Waals surface area contributed by atoms with Gasteiger partial charge in [0.1, 0.15) is 23.0 Å². The Balaban J connectivity index is 2.21. The Bertz CT molecular complexity index is 1130. The van der Waals surface area contributed by atoms with Crippen LogP contribution in [0.5, 0.6) is 17.2 Å². The first-order valence-corrected chi connectivity index (χ1v) is 11.1. The minimum absolute atomic E-state index is 0.0526. The molecule has 32 heavy (non-hydrogen) atoms. The number of halogens is 1. The molecule has 0 unspecified atom stereocenters. The molecule has 0 saturated heterocycles. The van der Waals surface area contributed by atoms with Crippen molar-refractivity contribution in [3.63, 3.8) is 0 Å². The number of hydrogen-bond acceptors (Lipinski definition) is 4. The lowest BCUT2D eigenvalue weighted by Crippen LogP contribution is -2.14. The van der Waals surface area contributed by atoms with E-state index in [1.807, 2.05) is 65.0 Å². The van der Waals surface area contributed by atoms with E-state index < -0.39 is 0 Å². The van der Waals surface area contributed by atoms with Crippen LogP contribution in [0.25, 0.3) is 5.76 Å². The maximum atomic E-state index is 11.1. The second kappa shape index (κ2) is 9.74. The summed E-state index contributed by atoms with van der Waals surface area (Å²) < 4.78 is 12.0. The topological polar surface area (TPSA) is 58.9 Å². The van der Waals surface area contributed by atoms with Crippen molar-refractivity contribution in [1.29, 1.82) is 0 Å². The summed E-state index contributed by atoms with van der Waals surface area (Å²) in [6, 6.07) is 5.65. The monoisotopic (exact) mass is 454 g/mol. The molecule has 0 aromatic heterocycles. The van der Waals surface area contributed by atoms with E-state index in [4.69, 9.17) is 21.1 Å². The van der Waals surface area contributed by atoms with Crippen molar-refractivity contribution >= 4 is 17.4 Å². The van der Waals surface area contributed by atoms with Gasteiger partial charge in [0.15, 0.2) is 5.76 Å². The second-order valence-electron chi connectivity index (χ2n) is 8.63. The number of allylic oxidation sites excluding steroid dienone is 5. The summed E-state index contributed by atoms with van der Waals surface area (Å²) >= 11 is 6.21. The highest BCUT2D eigenvalue weighted by molar-refractivity contribution is 6.31. The maximum absolute atomic E-state index is 11.1. The predicted octanol–water partition coefficient (Wildman–Crippen LogP) is 7.03. The lowest BCUT2D eigenvalue weighted by atomic mass is 9.91. The quantitative estimate of drug-likeness (QED) is 0.460. The van der Waals surface area contributed by atoms with Crippen LogP contribution in [0.2, 0.25) is 5.02 Å². The van der Waals surface area contributed by atoms with Gasteiger partial charge in [0.05, 0.1) is 7.11 Å². The number of methoxy groups -OCH3 is 1. The first kappa shape index (κ1) is 23.8. The highest BCUT2D eigenvalue weighted by Gasteiger charge is 2.31. The first-order valence-electron chi connectivity index (χ1n) is 10.7. The van der Waals surface area contributed by atoms with Gasteiger partial charge in [-0.25, -0.2) is 0 Å². The number of benzene rings is 2. The zero-order chi connectivity index (χ0) is 23.6. The highest BCUT2D eigenvalue weighted by atomic mass is 35.5. The van der Waals surface area contributed by atoms with Gasteiger partial charge in [-0.2, -0.15) is 0 Å². The fraction of sp³-hybridized carbons (Fsp3) is 0.333. The molecule has 1 aliphatic rings. The fourth-order valence-corrected chi connectivity index (χ4v) is 3.84. The van der Waals surface area contributed by atoms with Gasteiger partial charge in [-0.1, -0.05) is 34.9 Å². The van der Waals surface area contributed by atoms with Crippen LogP contribution in [0, 0.1) is 6.92 Å². The summed E-state index contributed by atoms with van der Waals surface area (Å²) in [5.41, 5.74) is 5.80. The summed E-state index contributed by atoms with van der Waals surface area (Å²) in [5, 5.41) is 22.9. The Kier molecular flexibility index (Phi) is 7.25. The molecule has 0 amide bonds. The number of ether oxygens (including phenoxy) is 2. The Labute approximate surface area is 195 Å². The molecule has 0 radical (unpaired) electrons. The van der Waals surface area contributed by atoms with E-state index in [-0.39, 0.29) is 11.5 Å². The summed E-state index contributed by atoms with van der Waals surface area (Å²) in [7, 11) is 1.60. The SMILES string of the molecule is COC1=C(c2ccc(Cl)c(C)c2)Oc2c(CC=C(C)C)c(O)c(CC=C(C)C)c(O)c2C1. The largest absolute Gasteiger partial charge is 0.507 e. The molecule has 1 heterocycles. The molecule has 0 saturated carbocycles. The minimum atomic E-state index is 0.0526. The number of hydrogen-bond donors (Lipinski definition) is 2. The van der Waals surface area contributed by atoms with Crippen molar-refractivity contribution in [2.24, 2.45) is 0 Å². The number of phenols is 2. The van der Waals surface area contributed by atoms with Crippen LogP contribution in [-0.4, -0.2) is 17.3 Å². The van der Waals surface area contributed by atoms with Gasteiger partial charge in [-0.05, 0) is 71.2 Å². The Morgan fingerprint density at radius 2 is 1.66 bits per heavy atom. The number of phenolic OH excluding ortho intramolecular Hbond substituents is 2. The van der Waals surface area contributed by atoms with Gasteiger partial charge in [-0.15, -0.1) is 0 Å². The number of rotatable bonds is 6. The van der Waals surface area contributed by atoms with E-state index in [9.17, 15) is 10.2 Å². The number of aromatic hydroxyl groups is 2. The van der Waals surface area contributed by atoms with Crippen molar-refractivity contribution in [2.45, 2.75) is 53.9 Å². The molecule has 0 spiro atoms. The fourth-order valence-electron chi connectivity index (χ4n) is 3.73. The van der Waals surface area contributed by atoms with Crippen LogP contribution in [0.15, 0.2) is 47.3 Å². The third kappa shape index (κ3) is 4.81. The average molecular weight is 455 g/mol. The van der Waals surface area contributed by atoms with E-state index in [2.05, 4.69) is 0 Å². The lowest BCUT2D eigenvalue weighted by molar-refractivity contribution is 0.263. The van der Waals surface area contributed by atoms with E-state index in [0.717, 1.165) is 22.3 Å². The van der Waals surface area contributed by atoms with Crippen molar-refractivity contribution in [1.82, 2.24) is 0 Å². The smallest absolute Gasteiger partial charge is 0.172 e. The van der Waals surface area contributed by atoms with Gasteiger partial charge in [0.2, 0.25) is 0 Å². The maximum Gasteiger partial charge on any atom is 0.172 e. The second-order valence-corrected chi connectivity index (χ2v) is 9.04. The third-order valence-corrected chi connectivity index (χ3v) is 6.01. The van der Waals surface area contributed by atoms with Crippen molar-refractivity contribution < 1.29 is 19.7 Å². The molecule has 170 valence electrons. The van der Waals surface area contributed by atoms with Crippen molar-refractivity contribution in [3.8, 4) is 17.2 Å². The molecular weight excluding hydrogens is 424 g/mol. The van der Waals surface area contributed by atoms with Crippen molar-refractivity contribution in [3.05, 3.63) is 80.1 Å². The van der Waals surface area contributed by atoms with Gasteiger partial charge in [-0.3, -0.25) is 0 Å². The zero-order valence-corrected chi connectivity index (χ0v) is 20.4. The minimum Gasteiger partial charge on any atom is -0.507 e. The van der Waals surface area contributed by atoms with E-state index in [0.29, 0.717) is 58.2 Å². The highest BCUT2D eigenvalue weighted by Crippen LogP contribution is 2.48. The first-order chi connectivity index (χ1) is 15.1. The third-order valence-electron chi connectivity index (χ3n) is 5.58. The van der Waals surface area contributed by atoms with E-state index >= 15 is 0 Å². The summed E-state index contributed by atoms with van der Waals surface area (Å²) in [6.45, 7) is 9.94. The van der Waals surface area contributed by atoms with Gasteiger partial charge >= 0.3 is 0 Å². The molecule has 3 rings (SSSR count). The van der Waals surface area contributed by atoms with Crippen molar-refractivity contribution in [2.75, 3.05) is 7.11 Å². The zero-order valence-electron chi connectivity index (χ0n) is 19.6. The molecule has 0 fully saturated rings. The summed E-state index contributed by atoms with van der Waals surface area (Å²) in [5.74, 6) is 1.79. The average Bonchev–Trinajstić information content (AvgIpc) is 2.74. The molecule has 4 nitrogen and oxygen atoms in total. The molecule has 2 aromatic carbocycles. The summed E-state index contributed by atoms with van der Waals surface area (Å²) in [6.07, 6.45) is 5.32. The number of fused-ring (bicyclic) bond motifs is 1. The molecule has 0 atom stereocenters. The predicted molar refractivity (Wildman–Crippen MR) is 130 cm³/mol. The van der Waals surface area contributed by atoms with Gasteiger partial charge in [0.25, 0.3) is 0 Å². The van der Waals surface area contributed by atoms with Crippen LogP contribution >= 0.6 is 11.6 Å². The Morgan fingerprint density at radius 3 is 2.22 bits per heavy atom. The number of aryl methyl sites for hydroxylation is 1. The Hall–Kier alpha value is -2.85. The molecule has 0 aliphatic carbocycles. The van der Waals surface area contributed by atoms with Gasteiger partial charge in [0, 0.05) is 33.7 Å². The Morgan fingerprint density at radius 1 is 1.03 bits per heavy atom. The molecule has 2 aromatic rings. The molecule has 5 heteroatoms. The van der Waals surface area contributed by atoms with Crippen LogP contribution in [-0.2, 0) is 24.0 Å². The lowest BCUT2D eigenvalue weighted by Gasteiger charge is -2.27. The molecular formula is C27H31ClO4. The van der Waals surface area contributed by atoms with Crippen LogP contribution < -0.4 is 4.74 Å². The normalized spacial score (nSPS) is 12.7. The standard InChI is InChI=1S/C27H31ClO4/c1-15(2)7-10-19-24(29)20(11-8-16(3)4)27-21(25(19)30)14-23(31-6)26(32-27)18-9-12-22(28)17(5)13-18/h7-9,12-13,29-30H,10-11,14H2,1-6H3. The van der Waals surface area contributed by atoms with Crippen LogP contribution in [0.4, 0.5) is 0 Å². The van der Waals surface area contributed by atoms with E-state index in [1.165, 1.54) is 0 Å². The van der Waals surface area contributed by atoms with E-state index in [1.54, 1.807) is 7.11 Å². The van der Waals surface area contributed by atoms with Gasteiger partial charge < -0.3 is 19.7 Å². The van der Waals surface area contributed by atoms with Crippen LogP contribution in [0.3, 0.4) is 0 Å². The molecule has 1 aliphatic heterocycles. The molecule has 0 bridgehead atoms. The summed E-state index contributed by atoms with van der Waals surface area (Å²) in [4.78, 5) is 0. The molecule has 2 N–H and O–H groups in total.